The fraction of sp³-hybridized carbons (Fsp3) is 0.444. The number of hydrogen-bond acceptors (Lipinski definition) is 6. The van der Waals surface area contributed by atoms with E-state index in [1.54, 1.807) is 62.5 Å². The summed E-state index contributed by atoms with van der Waals surface area (Å²) >= 11 is 0. The van der Waals surface area contributed by atoms with Crippen LogP contribution in [0.3, 0.4) is 0 Å². The minimum atomic E-state index is -2.10. The number of rotatable bonds is 8. The second-order valence-electron chi connectivity index (χ2n) is 11.3. The normalized spacial score (nSPS) is 16.5. The van der Waals surface area contributed by atoms with E-state index in [2.05, 4.69) is 49.2 Å². The third kappa shape index (κ3) is 6.31. The number of benzene rings is 1. The molecule has 2 heterocycles. The van der Waals surface area contributed by atoms with Gasteiger partial charge >= 0.3 is 6.09 Å². The first-order valence-corrected chi connectivity index (χ1v) is 15.1. The average molecular weight is 525 g/mol. The van der Waals surface area contributed by atoms with Gasteiger partial charge in [0.2, 0.25) is 6.17 Å². The van der Waals surface area contributed by atoms with Crippen LogP contribution in [0.1, 0.15) is 45.9 Å². The zero-order valence-electron chi connectivity index (χ0n) is 22.5. The van der Waals surface area contributed by atoms with Gasteiger partial charge in [-0.3, -0.25) is 19.9 Å². The molecule has 9 nitrogen and oxygen atoms in total. The van der Waals surface area contributed by atoms with Crippen LogP contribution in [0.15, 0.2) is 53.7 Å². The number of pyridine rings is 1. The van der Waals surface area contributed by atoms with Crippen molar-refractivity contribution in [3.05, 3.63) is 59.9 Å². The number of amides is 2. The fourth-order valence-electron chi connectivity index (χ4n) is 3.53. The van der Waals surface area contributed by atoms with Crippen molar-refractivity contribution in [3.8, 4) is 0 Å². The Morgan fingerprint density at radius 3 is 2.32 bits per heavy atom. The van der Waals surface area contributed by atoms with Crippen molar-refractivity contribution in [1.82, 2.24) is 10.3 Å². The van der Waals surface area contributed by atoms with Gasteiger partial charge in [-0.1, -0.05) is 58.9 Å². The summed E-state index contributed by atoms with van der Waals surface area (Å²) in [6, 6.07) is 12.3. The highest BCUT2D eigenvalue weighted by Gasteiger charge is 2.41. The molecular weight excluding hydrogens is 488 g/mol. The lowest BCUT2D eigenvalue weighted by molar-refractivity contribution is -0.129. The first-order valence-electron chi connectivity index (χ1n) is 12.2. The van der Waals surface area contributed by atoms with Gasteiger partial charge < -0.3 is 14.4 Å². The van der Waals surface area contributed by atoms with Crippen LogP contribution in [0.5, 0.6) is 0 Å². The van der Waals surface area contributed by atoms with E-state index in [0.29, 0.717) is 22.7 Å². The summed E-state index contributed by atoms with van der Waals surface area (Å²) in [6.45, 7) is 14.2. The lowest BCUT2D eigenvalue weighted by Gasteiger charge is -2.39. The highest BCUT2D eigenvalue weighted by Crippen LogP contribution is 2.38. The number of para-hydroxylation sites is 1. The van der Waals surface area contributed by atoms with Crippen LogP contribution in [0.4, 0.5) is 10.5 Å². The fourth-order valence-corrected chi connectivity index (χ4v) is 4.68. The Bertz CT molecular complexity index is 1200. The van der Waals surface area contributed by atoms with Crippen LogP contribution in [0, 0.1) is 5.41 Å². The van der Waals surface area contributed by atoms with Crippen molar-refractivity contribution >= 4 is 37.5 Å². The molecule has 10 heteroatoms. The Kier molecular flexibility index (Phi) is 8.04. The molecule has 198 valence electrons. The predicted octanol–water partition coefficient (Wildman–Crippen LogP) is 4.48. The van der Waals surface area contributed by atoms with Crippen LogP contribution in [0.25, 0.3) is 0 Å². The molecule has 0 fully saturated rings. The van der Waals surface area contributed by atoms with Crippen LogP contribution in [0.2, 0.25) is 18.1 Å². The number of carbonyl (C=O) groups is 3. The molecule has 1 unspecified atom stereocenters. The van der Waals surface area contributed by atoms with Gasteiger partial charge in [0, 0.05) is 23.8 Å². The van der Waals surface area contributed by atoms with Gasteiger partial charge in [0.1, 0.15) is 0 Å². The van der Waals surface area contributed by atoms with Gasteiger partial charge in [0.15, 0.2) is 14.1 Å². The molecule has 0 saturated carbocycles. The SMILES string of the molecule is CC(C)(CO[Si](C)(C)C(C)(C)C)C(=O)CN1C(=O)C(NC(=O)O)N=C(c2ccccn2)c2ccccc21. The van der Waals surface area contributed by atoms with Crippen LogP contribution in [-0.4, -0.2) is 61.2 Å². The number of anilines is 1. The van der Waals surface area contributed by atoms with Crippen molar-refractivity contribution in [2.75, 3.05) is 18.1 Å². The summed E-state index contributed by atoms with van der Waals surface area (Å²) in [5.74, 6) is -0.847. The summed E-state index contributed by atoms with van der Waals surface area (Å²) < 4.78 is 6.33. The number of ketones is 1. The number of benzodiazepines with no additional fused rings is 1. The summed E-state index contributed by atoms with van der Waals surface area (Å²) in [7, 11) is -2.10. The number of nitrogens with one attached hydrogen (secondary N) is 1. The Labute approximate surface area is 219 Å². The number of aliphatic imine (C=N–C) groups is 1. The largest absolute Gasteiger partial charge is 0.465 e. The highest BCUT2D eigenvalue weighted by atomic mass is 28.4. The number of carboxylic acid groups (broad SMARTS) is 1. The zero-order valence-corrected chi connectivity index (χ0v) is 23.5. The molecule has 0 saturated heterocycles. The van der Waals surface area contributed by atoms with E-state index in [-0.39, 0.29) is 24.0 Å². The topological polar surface area (TPSA) is 121 Å². The number of nitrogens with zero attached hydrogens (tertiary/aromatic N) is 3. The molecule has 2 N–H and O–H groups in total. The van der Waals surface area contributed by atoms with E-state index in [1.165, 1.54) is 4.90 Å². The van der Waals surface area contributed by atoms with Gasteiger partial charge in [-0.2, -0.15) is 0 Å². The van der Waals surface area contributed by atoms with Crippen molar-refractivity contribution in [2.24, 2.45) is 10.4 Å². The van der Waals surface area contributed by atoms with Gasteiger partial charge in [-0.05, 0) is 36.3 Å². The third-order valence-electron chi connectivity index (χ3n) is 7.03. The van der Waals surface area contributed by atoms with Crippen LogP contribution >= 0.6 is 0 Å². The van der Waals surface area contributed by atoms with E-state index in [9.17, 15) is 19.5 Å². The maximum Gasteiger partial charge on any atom is 0.406 e. The van der Waals surface area contributed by atoms with Crippen LogP contribution in [-0.2, 0) is 14.0 Å². The van der Waals surface area contributed by atoms with Crippen molar-refractivity contribution in [1.29, 1.82) is 0 Å². The smallest absolute Gasteiger partial charge is 0.406 e. The summed E-state index contributed by atoms with van der Waals surface area (Å²) in [6.07, 6.45) is -1.25. The number of fused-ring (bicyclic) bond motifs is 1. The first kappa shape index (κ1) is 28.2. The molecule has 0 bridgehead atoms. The molecule has 37 heavy (non-hydrogen) atoms. The molecule has 0 radical (unpaired) electrons. The Balaban J connectivity index is 1.99. The molecule has 1 atom stereocenters. The quantitative estimate of drug-likeness (QED) is 0.491. The van der Waals surface area contributed by atoms with E-state index in [4.69, 9.17) is 4.43 Å². The minimum absolute atomic E-state index is 0.0131. The van der Waals surface area contributed by atoms with Crippen molar-refractivity contribution in [3.63, 3.8) is 0 Å². The number of aromatic nitrogens is 1. The molecule has 2 aromatic rings. The van der Waals surface area contributed by atoms with E-state index in [1.807, 2.05) is 0 Å². The molecule has 2 amide bonds. The van der Waals surface area contributed by atoms with Gasteiger partial charge in [-0.15, -0.1) is 0 Å². The second kappa shape index (κ2) is 10.5. The monoisotopic (exact) mass is 524 g/mol. The highest BCUT2D eigenvalue weighted by molar-refractivity contribution is 6.74. The molecule has 1 aromatic carbocycles. The maximum atomic E-state index is 13.6. The Morgan fingerprint density at radius 2 is 1.73 bits per heavy atom. The van der Waals surface area contributed by atoms with E-state index in [0.717, 1.165) is 0 Å². The number of carbonyl (C=O) groups excluding carboxylic acids is 2. The van der Waals surface area contributed by atoms with Crippen molar-refractivity contribution in [2.45, 2.75) is 58.9 Å². The first-order chi connectivity index (χ1) is 17.1. The zero-order chi connectivity index (χ0) is 27.6. The van der Waals surface area contributed by atoms with Gasteiger partial charge in [0.05, 0.1) is 23.6 Å². The standard InChI is InChI=1S/C27H36N4O5Si/c1-26(2,3)37(6,7)36-17-27(4,5)21(32)16-31-20-14-9-8-12-18(20)22(19-13-10-11-15-28-19)29-23(24(31)33)30-25(34)35/h8-15,23,30H,16-17H2,1-7H3,(H,34,35). The third-order valence-corrected chi connectivity index (χ3v) is 11.5. The molecule has 3 rings (SSSR count). The second-order valence-corrected chi connectivity index (χ2v) is 16.2. The van der Waals surface area contributed by atoms with Gasteiger partial charge in [0.25, 0.3) is 5.91 Å². The molecule has 1 aliphatic rings. The summed E-state index contributed by atoms with van der Waals surface area (Å²) in [5.41, 5.74) is 1.00. The molecular formula is C27H36N4O5Si. The summed E-state index contributed by atoms with van der Waals surface area (Å²) in [4.78, 5) is 48.9. The van der Waals surface area contributed by atoms with Crippen LogP contribution < -0.4 is 10.2 Å². The molecule has 1 aromatic heterocycles. The number of Topliss-reactive ketones (excluding diaryl/α,β-unsaturated/α-hetero) is 1. The lowest BCUT2D eigenvalue weighted by Crippen LogP contribution is -2.51. The molecule has 0 spiro atoms. The van der Waals surface area contributed by atoms with E-state index < -0.39 is 31.9 Å². The average Bonchev–Trinajstić information content (AvgIpc) is 2.93. The van der Waals surface area contributed by atoms with Crippen molar-refractivity contribution < 1.29 is 23.9 Å². The Morgan fingerprint density at radius 1 is 1.08 bits per heavy atom. The molecule has 1 aliphatic heterocycles. The number of hydrogen-bond donors (Lipinski definition) is 2. The van der Waals surface area contributed by atoms with Gasteiger partial charge in [-0.25, -0.2) is 9.79 Å². The predicted molar refractivity (Wildman–Crippen MR) is 146 cm³/mol. The van der Waals surface area contributed by atoms with E-state index >= 15 is 0 Å². The molecule has 0 aliphatic carbocycles. The maximum absolute atomic E-state index is 13.6. The lowest BCUT2D eigenvalue weighted by atomic mass is 9.88. The minimum Gasteiger partial charge on any atom is -0.465 e. The summed E-state index contributed by atoms with van der Waals surface area (Å²) in [5, 5.41) is 11.6. The Hall–Kier alpha value is -3.37.